The summed E-state index contributed by atoms with van der Waals surface area (Å²) in [5.74, 6) is 8.90. The van der Waals surface area contributed by atoms with E-state index in [-0.39, 0.29) is 26.9 Å². The van der Waals surface area contributed by atoms with Crippen LogP contribution in [0.25, 0.3) is 93.7 Å². The number of rotatable bonds is 16. The summed E-state index contributed by atoms with van der Waals surface area (Å²) >= 11 is 0. The van der Waals surface area contributed by atoms with Crippen LogP contribution in [-0.2, 0) is 6.42 Å². The zero-order valence-electron chi connectivity index (χ0n) is 49.8. The van der Waals surface area contributed by atoms with E-state index in [4.69, 9.17) is 0 Å². The fraction of sp³-hybridized carbons (Fsp3) is 0.0976. The molecule has 0 aliphatic rings. The third-order valence-corrected chi connectivity index (χ3v) is 21.0. The van der Waals surface area contributed by atoms with Gasteiger partial charge in [-0.15, -0.1) is 0 Å². The molecule has 0 N–H and O–H groups in total. The Labute approximate surface area is 515 Å². The van der Waals surface area contributed by atoms with Gasteiger partial charge in [0, 0.05) is 32.8 Å². The van der Waals surface area contributed by atoms with Gasteiger partial charge >= 0.3 is 0 Å². The van der Waals surface area contributed by atoms with Gasteiger partial charge in [0.05, 0.1) is 0 Å². The van der Waals surface area contributed by atoms with Crippen molar-refractivity contribution in [2.45, 2.75) is 33.4 Å². The molecule has 13 aromatic rings. The van der Waals surface area contributed by atoms with E-state index in [0.717, 1.165) is 41.0 Å². The topological polar surface area (TPSA) is 3.24 Å². The molecule has 13 aromatic carbocycles. The molecule has 0 heterocycles. The van der Waals surface area contributed by atoms with E-state index < -0.39 is 10.0 Å². The molecule has 0 amide bonds. The molecule has 422 valence electrons. The zero-order chi connectivity index (χ0) is 59.1. The van der Waals surface area contributed by atoms with Crippen molar-refractivity contribution in [3.63, 3.8) is 0 Å². The smallest absolute Gasteiger partial charge is 0.0467 e. The van der Waals surface area contributed by atoms with Crippen LogP contribution < -0.4 is 4.90 Å². The highest BCUT2D eigenvalue weighted by molar-refractivity contribution is 8.32. The number of aryl methyl sites for hydroxylation is 1. The first-order valence-corrected chi connectivity index (χ1v) is 36.0. The normalized spacial score (nSPS) is 13.0. The quantitative estimate of drug-likeness (QED) is 0.0688. The number of hydrogen-bond acceptors (Lipinski definition) is 1. The molecule has 0 aliphatic carbocycles. The van der Waals surface area contributed by atoms with E-state index in [1.54, 1.807) is 0 Å². The van der Waals surface area contributed by atoms with Crippen LogP contribution >= 0.6 is 31.0 Å². The van der Waals surface area contributed by atoms with E-state index in [0.29, 0.717) is 0 Å². The molecule has 86 heavy (non-hydrogen) atoms. The van der Waals surface area contributed by atoms with Crippen LogP contribution in [0, 0.1) is 0 Å². The summed E-state index contributed by atoms with van der Waals surface area (Å²) in [5, 5.41) is 9.83. The van der Waals surface area contributed by atoms with Gasteiger partial charge in [-0.3, -0.25) is 0 Å². The molecule has 0 aromatic heterocycles. The van der Waals surface area contributed by atoms with E-state index in [1.807, 2.05) is 6.08 Å². The average molecular weight is 1170 g/mol. The second-order valence-electron chi connectivity index (χ2n) is 23.5. The summed E-state index contributed by atoms with van der Waals surface area (Å²) in [7, 11) is -0.941. The Balaban J connectivity index is 0.922. The lowest BCUT2D eigenvalue weighted by molar-refractivity contribution is 0.714. The van der Waals surface area contributed by atoms with Gasteiger partial charge in [-0.25, -0.2) is 10.0 Å². The van der Waals surface area contributed by atoms with Crippen molar-refractivity contribution in [2.75, 3.05) is 36.2 Å². The Morgan fingerprint density at radius 1 is 0.384 bits per heavy atom. The second kappa shape index (κ2) is 23.9. The Morgan fingerprint density at radius 2 is 0.767 bits per heavy atom. The Morgan fingerprint density at radius 3 is 1.19 bits per heavy atom. The first kappa shape index (κ1) is 56.4. The standard InChI is InChI=1S/C82H71NS3/c1-9-56-35-42-64(43-36-56)83(65-44-48-68(49-45-65)85(4)5)66-26-20-25-63(55-66)82-77-33-16-14-31-75(77)81(76-32-15-17-34-78(76)82)62-24-19-23-61(54-62)80-73-29-12-10-27-71(73)79(72-28-11-13-30-74(72)80)60-22-18-21-59(53-60)70(58-40-46-67(47-41-58)84(2)3)52-39-57-37-50-69(51-38-57)86(6,7)8/h9-38,40-51,53-55,70H,1-2,4,39,52H2,3,5-8H3. The van der Waals surface area contributed by atoms with Crippen LogP contribution in [0.3, 0.4) is 0 Å². The summed E-state index contributed by atoms with van der Waals surface area (Å²) in [6, 6.07) is 100. The van der Waals surface area contributed by atoms with Crippen LogP contribution in [0.15, 0.2) is 288 Å². The second-order valence-corrected chi connectivity index (χ2v) is 31.1. The molecule has 4 heteroatoms. The van der Waals surface area contributed by atoms with Gasteiger partial charge in [-0.2, -0.15) is 21.0 Å². The molecular formula is C82H71NS3. The molecule has 3 atom stereocenters. The predicted molar refractivity (Wildman–Crippen MR) is 387 cm³/mol. The minimum absolute atomic E-state index is 0.0563. The van der Waals surface area contributed by atoms with Crippen molar-refractivity contribution < 1.29 is 0 Å². The summed E-state index contributed by atoms with van der Waals surface area (Å²) in [6.07, 6.45) is 15.4. The van der Waals surface area contributed by atoms with Crippen LogP contribution in [0.2, 0.25) is 0 Å². The highest BCUT2D eigenvalue weighted by Gasteiger charge is 2.23. The average Bonchev–Trinajstić information content (AvgIpc) is 1.64. The number of fused-ring (bicyclic) bond motifs is 4. The molecule has 0 fully saturated rings. The van der Waals surface area contributed by atoms with Gasteiger partial charge in [-0.05, 0) is 238 Å². The number of hydrogen-bond donors (Lipinski definition) is 0. The molecule has 0 aliphatic heterocycles. The van der Waals surface area contributed by atoms with E-state index in [9.17, 15) is 0 Å². The maximum atomic E-state index is 4.37. The largest absolute Gasteiger partial charge is 0.310 e. The Kier molecular flexibility index (Phi) is 15.7. The maximum Gasteiger partial charge on any atom is 0.0467 e. The van der Waals surface area contributed by atoms with Crippen molar-refractivity contribution in [1.29, 1.82) is 0 Å². The molecule has 0 spiro atoms. The highest BCUT2D eigenvalue weighted by Crippen LogP contribution is 2.50. The fourth-order valence-electron chi connectivity index (χ4n) is 12.9. The van der Waals surface area contributed by atoms with Crippen molar-refractivity contribution >= 4 is 109 Å². The number of anilines is 3. The third kappa shape index (κ3) is 11.0. The molecule has 13 rings (SSSR count). The monoisotopic (exact) mass is 1170 g/mol. The predicted octanol–water partition coefficient (Wildman–Crippen LogP) is 23.3. The SMILES string of the molecule is C=Cc1ccc(N(c2ccc(S(=C)C)cc2)c2cccc(-c3c4ccccc4c(-c4cccc(-c5c6ccccc6c(-c6cccc(C(CCc7ccc(S(C)(C)C)cc7)c7ccc(S(=C)C)cc7)c6)c6ccccc56)c4)c4ccccc34)c2)cc1. The fourth-order valence-corrected chi connectivity index (χ4v) is 15.1. The lowest BCUT2D eigenvalue weighted by atomic mass is 9.82. The molecule has 0 bridgehead atoms. The first-order chi connectivity index (χ1) is 41.9. The van der Waals surface area contributed by atoms with Gasteiger partial charge in [-0.1, -0.05) is 212 Å². The van der Waals surface area contributed by atoms with E-state index in [1.165, 1.54) is 113 Å². The number of benzene rings is 13. The molecular weight excluding hydrogens is 1100 g/mol. The molecule has 3 unspecified atom stereocenters. The minimum atomic E-state index is -0.794. The van der Waals surface area contributed by atoms with Crippen LogP contribution in [-0.4, -0.2) is 43.0 Å². The molecule has 0 saturated heterocycles. The first-order valence-electron chi connectivity index (χ1n) is 29.5. The van der Waals surface area contributed by atoms with Gasteiger partial charge in [0.25, 0.3) is 0 Å². The van der Waals surface area contributed by atoms with Crippen molar-refractivity contribution in [1.82, 2.24) is 0 Å². The summed E-state index contributed by atoms with van der Waals surface area (Å²) in [4.78, 5) is 6.34. The molecule has 0 radical (unpaired) electrons. The van der Waals surface area contributed by atoms with Gasteiger partial charge < -0.3 is 4.90 Å². The van der Waals surface area contributed by atoms with Crippen molar-refractivity contribution in [3.05, 3.63) is 296 Å². The summed E-state index contributed by atoms with van der Waals surface area (Å²) in [5.41, 5.74) is 18.1. The van der Waals surface area contributed by atoms with Crippen LogP contribution in [0.5, 0.6) is 0 Å². The Hall–Kier alpha value is -8.77. The van der Waals surface area contributed by atoms with Crippen molar-refractivity contribution in [2.24, 2.45) is 0 Å². The van der Waals surface area contributed by atoms with E-state index >= 15 is 0 Å². The van der Waals surface area contributed by atoms with E-state index in [2.05, 4.69) is 321 Å². The van der Waals surface area contributed by atoms with Gasteiger partial charge in [0.2, 0.25) is 0 Å². The van der Waals surface area contributed by atoms with Gasteiger partial charge in [0.15, 0.2) is 0 Å². The lowest BCUT2D eigenvalue weighted by Crippen LogP contribution is -2.10. The lowest BCUT2D eigenvalue weighted by Gasteiger charge is -2.27. The minimum Gasteiger partial charge on any atom is -0.310 e. The van der Waals surface area contributed by atoms with Crippen LogP contribution in [0.4, 0.5) is 17.1 Å². The maximum absolute atomic E-state index is 4.37. The molecule has 0 saturated carbocycles. The summed E-state index contributed by atoms with van der Waals surface area (Å²) < 4.78 is 0. The zero-order valence-corrected chi connectivity index (χ0v) is 52.2. The third-order valence-electron chi connectivity index (χ3n) is 17.2. The summed E-state index contributed by atoms with van der Waals surface area (Å²) in [6.45, 7) is 4.03. The Bertz CT molecular complexity index is 4620. The van der Waals surface area contributed by atoms with Crippen LogP contribution in [0.1, 0.15) is 34.6 Å². The van der Waals surface area contributed by atoms with Crippen molar-refractivity contribution in [3.8, 4) is 44.5 Å². The number of nitrogens with zero attached hydrogens (tertiary/aromatic N) is 1. The van der Waals surface area contributed by atoms with Gasteiger partial charge in [0.1, 0.15) is 0 Å². The molecule has 1 nitrogen and oxygen atoms in total. The highest BCUT2D eigenvalue weighted by atomic mass is 32.3.